The molecule has 4 heterocycles. The molecule has 1 unspecified atom stereocenters. The number of aromatic nitrogens is 3. The van der Waals surface area contributed by atoms with Crippen molar-refractivity contribution in [1.82, 2.24) is 24.8 Å². The van der Waals surface area contributed by atoms with Crippen LogP contribution in [0.4, 0.5) is 0 Å². The van der Waals surface area contributed by atoms with Crippen LogP contribution >= 0.6 is 11.3 Å². The number of carbonyl (C=O) groups excluding carboxylic acids is 1. The van der Waals surface area contributed by atoms with Crippen molar-refractivity contribution in [2.24, 2.45) is 5.92 Å². The van der Waals surface area contributed by atoms with Gasteiger partial charge >= 0.3 is 0 Å². The lowest BCUT2D eigenvalue weighted by atomic mass is 9.87. The Hall–Kier alpha value is -2.51. The van der Waals surface area contributed by atoms with Gasteiger partial charge in [-0.25, -0.2) is 4.98 Å². The Morgan fingerprint density at radius 2 is 2.14 bits per heavy atom. The van der Waals surface area contributed by atoms with Gasteiger partial charge in [0, 0.05) is 25.5 Å². The number of carbonyl (C=O) groups is 1. The third kappa shape index (κ3) is 4.74. The SMILES string of the molecule is CCn1cncc1CN1CCC(C(NC(=O)c2cccs2)c2ccccn2)CC1. The summed E-state index contributed by atoms with van der Waals surface area (Å²) in [5, 5.41) is 5.20. The van der Waals surface area contributed by atoms with E-state index in [4.69, 9.17) is 0 Å². The zero-order valence-electron chi connectivity index (χ0n) is 16.7. The summed E-state index contributed by atoms with van der Waals surface area (Å²) in [5.74, 6) is 0.367. The van der Waals surface area contributed by atoms with Crippen LogP contribution in [0.5, 0.6) is 0 Å². The van der Waals surface area contributed by atoms with Crippen molar-refractivity contribution in [3.8, 4) is 0 Å². The van der Waals surface area contributed by atoms with E-state index in [1.54, 1.807) is 6.20 Å². The van der Waals surface area contributed by atoms with Crippen molar-refractivity contribution in [3.63, 3.8) is 0 Å². The van der Waals surface area contributed by atoms with Crippen LogP contribution in [0.1, 0.15) is 46.9 Å². The van der Waals surface area contributed by atoms with Crippen LogP contribution in [-0.2, 0) is 13.1 Å². The molecule has 0 spiro atoms. The quantitative estimate of drug-likeness (QED) is 0.646. The molecule has 1 atom stereocenters. The van der Waals surface area contributed by atoms with Crippen molar-refractivity contribution in [3.05, 3.63) is 70.7 Å². The van der Waals surface area contributed by atoms with Crippen molar-refractivity contribution < 1.29 is 4.79 Å². The van der Waals surface area contributed by atoms with E-state index in [0.29, 0.717) is 5.92 Å². The first-order chi connectivity index (χ1) is 14.2. The predicted octanol–water partition coefficient (Wildman–Crippen LogP) is 3.74. The number of nitrogens with one attached hydrogen (secondary N) is 1. The maximum Gasteiger partial charge on any atom is 0.261 e. The first-order valence-corrected chi connectivity index (χ1v) is 11.1. The average Bonchev–Trinajstić information content (AvgIpc) is 3.45. The average molecular weight is 410 g/mol. The van der Waals surface area contributed by atoms with E-state index in [2.05, 4.69) is 31.7 Å². The van der Waals surface area contributed by atoms with Gasteiger partial charge < -0.3 is 9.88 Å². The molecule has 3 aromatic rings. The standard InChI is InChI=1S/C22H27N5OS/c1-2-27-16-23-14-18(27)15-26-11-8-17(9-12-26)21(19-6-3-4-10-24-19)25-22(28)20-7-5-13-29-20/h3-7,10,13-14,16-17,21H,2,8-9,11-12,15H2,1H3,(H,25,28). The summed E-state index contributed by atoms with van der Waals surface area (Å²) >= 11 is 1.47. The molecule has 1 aliphatic rings. The number of imidazole rings is 1. The van der Waals surface area contributed by atoms with Crippen molar-refractivity contribution >= 4 is 17.2 Å². The number of pyridine rings is 1. The third-order valence-corrected chi connectivity index (χ3v) is 6.54. The van der Waals surface area contributed by atoms with Crippen molar-refractivity contribution in [2.45, 2.75) is 38.9 Å². The number of piperidine rings is 1. The summed E-state index contributed by atoms with van der Waals surface area (Å²) in [5.41, 5.74) is 2.21. The Morgan fingerprint density at radius 3 is 2.83 bits per heavy atom. The first-order valence-electron chi connectivity index (χ1n) is 10.2. The fourth-order valence-electron chi connectivity index (χ4n) is 4.05. The zero-order chi connectivity index (χ0) is 20.1. The Balaban J connectivity index is 1.43. The zero-order valence-corrected chi connectivity index (χ0v) is 17.5. The fourth-order valence-corrected chi connectivity index (χ4v) is 4.68. The molecular formula is C22H27N5OS. The predicted molar refractivity (Wildman–Crippen MR) is 115 cm³/mol. The minimum Gasteiger partial charge on any atom is -0.343 e. The fraction of sp³-hybridized carbons (Fsp3) is 0.409. The molecule has 0 aliphatic carbocycles. The number of hydrogen-bond acceptors (Lipinski definition) is 5. The van der Waals surface area contributed by atoms with E-state index in [9.17, 15) is 4.79 Å². The van der Waals surface area contributed by atoms with Crippen LogP contribution in [0, 0.1) is 5.92 Å². The maximum absolute atomic E-state index is 12.7. The minimum atomic E-state index is -0.0610. The Kier molecular flexibility index (Phi) is 6.36. The molecule has 4 rings (SSSR count). The molecule has 29 heavy (non-hydrogen) atoms. The summed E-state index contributed by atoms with van der Waals surface area (Å²) in [7, 11) is 0. The second-order valence-electron chi connectivity index (χ2n) is 7.47. The molecule has 0 aromatic carbocycles. The molecule has 1 N–H and O–H groups in total. The molecule has 0 bridgehead atoms. The van der Waals surface area contributed by atoms with E-state index in [0.717, 1.165) is 49.6 Å². The lowest BCUT2D eigenvalue weighted by Crippen LogP contribution is -2.41. The largest absolute Gasteiger partial charge is 0.343 e. The molecule has 6 nitrogen and oxygen atoms in total. The number of rotatable bonds is 7. The van der Waals surface area contributed by atoms with Gasteiger partial charge in [-0.1, -0.05) is 12.1 Å². The molecule has 152 valence electrons. The van der Waals surface area contributed by atoms with E-state index in [1.807, 2.05) is 48.2 Å². The number of nitrogens with zero attached hydrogens (tertiary/aromatic N) is 4. The van der Waals surface area contributed by atoms with Gasteiger partial charge in [0.15, 0.2) is 0 Å². The van der Waals surface area contributed by atoms with Crippen molar-refractivity contribution in [2.75, 3.05) is 13.1 Å². The lowest BCUT2D eigenvalue weighted by Gasteiger charge is -2.36. The molecule has 0 radical (unpaired) electrons. The van der Waals surface area contributed by atoms with Gasteiger partial charge in [0.25, 0.3) is 5.91 Å². The van der Waals surface area contributed by atoms with Crippen LogP contribution in [-0.4, -0.2) is 38.4 Å². The highest BCUT2D eigenvalue weighted by Crippen LogP contribution is 2.31. The summed E-state index contributed by atoms with van der Waals surface area (Å²) < 4.78 is 2.20. The molecule has 1 fully saturated rings. The highest BCUT2D eigenvalue weighted by Gasteiger charge is 2.30. The van der Waals surface area contributed by atoms with Crippen LogP contribution in [0.15, 0.2) is 54.4 Å². The van der Waals surface area contributed by atoms with Crippen molar-refractivity contribution in [1.29, 1.82) is 0 Å². The van der Waals surface area contributed by atoms with Crippen LogP contribution < -0.4 is 5.32 Å². The molecule has 1 aliphatic heterocycles. The van der Waals surface area contributed by atoms with Gasteiger partial charge in [0.2, 0.25) is 0 Å². The maximum atomic E-state index is 12.7. The number of thiophene rings is 1. The van der Waals surface area contributed by atoms with Gasteiger partial charge in [-0.05, 0) is 62.4 Å². The topological polar surface area (TPSA) is 63.1 Å². The first kappa shape index (κ1) is 19.8. The van der Waals surface area contributed by atoms with Gasteiger partial charge in [-0.15, -0.1) is 11.3 Å². The van der Waals surface area contributed by atoms with Gasteiger partial charge in [-0.2, -0.15) is 0 Å². The van der Waals surface area contributed by atoms with Gasteiger partial charge in [0.05, 0.1) is 28.6 Å². The van der Waals surface area contributed by atoms with Crippen LogP contribution in [0.2, 0.25) is 0 Å². The second-order valence-corrected chi connectivity index (χ2v) is 8.42. The lowest BCUT2D eigenvalue weighted by molar-refractivity contribution is 0.0891. The highest BCUT2D eigenvalue weighted by molar-refractivity contribution is 7.12. The van der Waals surface area contributed by atoms with Gasteiger partial charge in [0.1, 0.15) is 0 Å². The minimum absolute atomic E-state index is 0.00932. The van der Waals surface area contributed by atoms with Crippen LogP contribution in [0.25, 0.3) is 0 Å². The Bertz CT molecular complexity index is 900. The highest BCUT2D eigenvalue weighted by atomic mass is 32.1. The number of amides is 1. The molecule has 0 saturated carbocycles. The molecule has 7 heteroatoms. The summed E-state index contributed by atoms with van der Waals surface area (Å²) in [6, 6.07) is 9.65. The molecular weight excluding hydrogens is 382 g/mol. The molecule has 3 aromatic heterocycles. The summed E-state index contributed by atoms with van der Waals surface area (Å²) in [4.78, 5) is 24.8. The summed E-state index contributed by atoms with van der Waals surface area (Å²) in [6.45, 7) is 6.04. The smallest absolute Gasteiger partial charge is 0.261 e. The summed E-state index contributed by atoms with van der Waals surface area (Å²) in [6.07, 6.45) is 7.74. The van der Waals surface area contributed by atoms with E-state index < -0.39 is 0 Å². The van der Waals surface area contributed by atoms with Crippen LogP contribution in [0.3, 0.4) is 0 Å². The van der Waals surface area contributed by atoms with E-state index in [1.165, 1.54) is 17.0 Å². The number of hydrogen-bond donors (Lipinski definition) is 1. The second kappa shape index (κ2) is 9.33. The monoisotopic (exact) mass is 409 g/mol. The van der Waals surface area contributed by atoms with E-state index >= 15 is 0 Å². The third-order valence-electron chi connectivity index (χ3n) is 5.67. The molecule has 1 amide bonds. The number of aryl methyl sites for hydroxylation is 1. The van der Waals surface area contributed by atoms with Gasteiger partial charge in [-0.3, -0.25) is 14.7 Å². The Labute approximate surface area is 175 Å². The van der Waals surface area contributed by atoms with E-state index in [-0.39, 0.29) is 11.9 Å². The normalized spacial score (nSPS) is 16.6. The number of likely N-dealkylation sites (tertiary alicyclic amines) is 1. The Morgan fingerprint density at radius 1 is 1.28 bits per heavy atom. The molecule has 1 saturated heterocycles.